The Balaban J connectivity index is 2.08. The lowest BCUT2D eigenvalue weighted by molar-refractivity contribution is -0.158. The summed E-state index contributed by atoms with van der Waals surface area (Å²) in [4.78, 5) is 46.7. The first kappa shape index (κ1) is 42.4. The summed E-state index contributed by atoms with van der Waals surface area (Å²) in [6, 6.07) is 12.8. The van der Waals surface area contributed by atoms with Gasteiger partial charge in [-0.15, -0.1) is 0 Å². The minimum Gasteiger partial charge on any atom is -0.479 e. The Kier molecular flexibility index (Phi) is 17.1. The fourth-order valence-electron chi connectivity index (χ4n) is 6.42. The van der Waals surface area contributed by atoms with Gasteiger partial charge in [0.15, 0.2) is 6.10 Å². The van der Waals surface area contributed by atoms with E-state index >= 15 is 0 Å². The molecule has 286 valence electrons. The van der Waals surface area contributed by atoms with Crippen molar-refractivity contribution in [3.63, 3.8) is 0 Å². The van der Waals surface area contributed by atoms with Crippen molar-refractivity contribution in [1.29, 1.82) is 0 Å². The molecule has 3 N–H and O–H groups in total. The van der Waals surface area contributed by atoms with E-state index in [0.717, 1.165) is 23.8 Å². The third-order valence-electron chi connectivity index (χ3n) is 9.12. The van der Waals surface area contributed by atoms with E-state index in [1.807, 2.05) is 82.0 Å². The number of hydrogen-bond acceptors (Lipinski definition) is 7. The zero-order chi connectivity index (χ0) is 38.3. The third-order valence-corrected chi connectivity index (χ3v) is 9.12. The first-order valence-electron chi connectivity index (χ1n) is 18.3. The van der Waals surface area contributed by atoms with Crippen LogP contribution in [0, 0.1) is 11.6 Å². The molecule has 2 aromatic rings. The van der Waals surface area contributed by atoms with Crippen LogP contribution >= 0.6 is 0 Å². The number of ether oxygens (including phenoxy) is 1. The van der Waals surface area contributed by atoms with Gasteiger partial charge < -0.3 is 30.3 Å². The van der Waals surface area contributed by atoms with Gasteiger partial charge >= 0.3 is 5.97 Å². The first-order valence-corrected chi connectivity index (χ1v) is 18.3. The van der Waals surface area contributed by atoms with Gasteiger partial charge in [0.1, 0.15) is 23.9 Å². The van der Waals surface area contributed by atoms with Crippen LogP contribution in [0.25, 0.3) is 0 Å². The summed E-state index contributed by atoms with van der Waals surface area (Å²) in [5.41, 5.74) is -0.248. The topological polar surface area (TPSA) is 114 Å². The van der Waals surface area contributed by atoms with E-state index in [-0.39, 0.29) is 36.4 Å². The number of hydrogen-bond donors (Lipinski definition) is 3. The molecule has 0 saturated carbocycles. The predicted molar refractivity (Wildman–Crippen MR) is 200 cm³/mol. The van der Waals surface area contributed by atoms with Crippen molar-refractivity contribution in [2.75, 3.05) is 53.9 Å². The minimum atomic E-state index is -1.54. The maximum absolute atomic E-state index is 14.7. The van der Waals surface area contributed by atoms with Gasteiger partial charge in [0, 0.05) is 50.9 Å². The van der Waals surface area contributed by atoms with E-state index in [2.05, 4.69) is 10.6 Å². The smallest absolute Gasteiger partial charge is 0.332 e. The Morgan fingerprint density at radius 3 is 2.15 bits per heavy atom. The van der Waals surface area contributed by atoms with Crippen molar-refractivity contribution < 1.29 is 33.0 Å². The number of benzene rings is 2. The van der Waals surface area contributed by atoms with Crippen LogP contribution < -0.4 is 10.6 Å². The molecule has 4 unspecified atom stereocenters. The number of carbonyl (C=O) groups excluding carboxylic acids is 2. The lowest BCUT2D eigenvalue weighted by Crippen LogP contribution is -2.59. The Morgan fingerprint density at radius 1 is 0.923 bits per heavy atom. The van der Waals surface area contributed by atoms with Crippen molar-refractivity contribution >= 4 is 17.8 Å². The van der Waals surface area contributed by atoms with Gasteiger partial charge in [-0.25, -0.2) is 13.6 Å². The maximum Gasteiger partial charge on any atom is 0.332 e. The molecule has 0 radical (unpaired) electrons. The second kappa shape index (κ2) is 20.9. The fourth-order valence-corrected chi connectivity index (χ4v) is 6.42. The summed E-state index contributed by atoms with van der Waals surface area (Å²) in [5, 5.41) is 16.5. The molecule has 0 heterocycles. The number of nitrogens with zero attached hydrogens (tertiary/aromatic N) is 3. The first-order chi connectivity index (χ1) is 24.8. The summed E-state index contributed by atoms with van der Waals surface area (Å²) in [7, 11) is 5.70. The van der Waals surface area contributed by atoms with Crippen LogP contribution in [-0.4, -0.2) is 110 Å². The Morgan fingerprint density at radius 2 is 1.58 bits per heavy atom. The number of aliphatic carboxylic acids is 1. The van der Waals surface area contributed by atoms with Gasteiger partial charge in [0.25, 0.3) is 5.91 Å². The van der Waals surface area contributed by atoms with Gasteiger partial charge in [-0.05, 0) is 70.1 Å². The SMILES string of the molecule is CCCC(OC(CNCc1ccccc1)C(NC(=O)C1=CC(C(=O)N(CCC)CCC)(c2cc(F)cc(F)c2)CC=C1)N(C)CCN(C)C)C(=O)O. The second-order valence-corrected chi connectivity index (χ2v) is 13.7. The highest BCUT2D eigenvalue weighted by Gasteiger charge is 2.43. The lowest BCUT2D eigenvalue weighted by Gasteiger charge is -2.38. The molecule has 2 aromatic carbocycles. The summed E-state index contributed by atoms with van der Waals surface area (Å²) < 4.78 is 35.8. The van der Waals surface area contributed by atoms with Crippen LogP contribution in [0.2, 0.25) is 0 Å². The van der Waals surface area contributed by atoms with E-state index < -0.39 is 47.3 Å². The molecular weight excluding hydrogens is 668 g/mol. The normalized spacial score (nSPS) is 17.5. The van der Waals surface area contributed by atoms with E-state index in [9.17, 15) is 28.3 Å². The Labute approximate surface area is 307 Å². The maximum atomic E-state index is 14.7. The average Bonchev–Trinajstić information content (AvgIpc) is 3.11. The van der Waals surface area contributed by atoms with Gasteiger partial charge in [-0.2, -0.15) is 0 Å². The molecule has 3 rings (SSSR count). The Hall–Kier alpha value is -3.97. The zero-order valence-corrected chi connectivity index (χ0v) is 31.5. The van der Waals surface area contributed by atoms with E-state index in [4.69, 9.17) is 4.74 Å². The molecule has 1 aliphatic carbocycles. The number of carbonyl (C=O) groups is 3. The lowest BCUT2D eigenvalue weighted by atomic mass is 9.72. The number of allylic oxidation sites excluding steroid dienone is 1. The van der Waals surface area contributed by atoms with E-state index in [1.165, 1.54) is 6.08 Å². The number of likely N-dealkylation sites (N-methyl/N-ethyl adjacent to an activating group) is 2. The van der Waals surface area contributed by atoms with Crippen LogP contribution in [0.5, 0.6) is 0 Å². The summed E-state index contributed by atoms with van der Waals surface area (Å²) in [5.74, 6) is -3.62. The van der Waals surface area contributed by atoms with Crippen molar-refractivity contribution in [1.82, 2.24) is 25.3 Å². The molecule has 1 aliphatic rings. The number of rotatable bonds is 22. The van der Waals surface area contributed by atoms with Crippen molar-refractivity contribution in [3.05, 3.63) is 95.1 Å². The number of carboxylic acids is 1. The van der Waals surface area contributed by atoms with Crippen molar-refractivity contribution in [3.8, 4) is 0 Å². The molecule has 0 aromatic heterocycles. The number of carboxylic acid groups (broad SMARTS) is 1. The molecule has 0 bridgehead atoms. The monoisotopic (exact) mass is 725 g/mol. The second-order valence-electron chi connectivity index (χ2n) is 13.7. The molecule has 10 nitrogen and oxygen atoms in total. The molecular formula is C40H57F2N5O5. The van der Waals surface area contributed by atoms with Crippen LogP contribution in [0.3, 0.4) is 0 Å². The highest BCUT2D eigenvalue weighted by atomic mass is 19.1. The summed E-state index contributed by atoms with van der Waals surface area (Å²) in [6.07, 6.45) is 4.42. The fraction of sp³-hybridized carbons (Fsp3) is 0.525. The standard InChI is InChI=1S/C40H57F2N5O5/c1-7-14-34(38(49)50)52-35(28-43-27-29-15-11-10-12-16-29)36(46(6)22-21-45(4)5)44-37(48)30-17-13-18-40(26-30,31-23-32(41)25-33(42)24-31)39(51)47(19-8-2)20-9-3/h10-13,15-17,23-26,34-36,43H,7-9,14,18-22,27-28H2,1-6H3,(H,44,48)(H,49,50). The summed E-state index contributed by atoms with van der Waals surface area (Å²) in [6.45, 7) is 8.53. The van der Waals surface area contributed by atoms with Crippen LogP contribution in [0.4, 0.5) is 8.78 Å². The van der Waals surface area contributed by atoms with E-state index in [0.29, 0.717) is 52.0 Å². The van der Waals surface area contributed by atoms with Crippen molar-refractivity contribution in [2.24, 2.45) is 0 Å². The predicted octanol–water partition coefficient (Wildman–Crippen LogP) is 5.10. The van der Waals surface area contributed by atoms with Crippen LogP contribution in [-0.2, 0) is 31.1 Å². The average molecular weight is 726 g/mol. The molecule has 12 heteroatoms. The van der Waals surface area contributed by atoms with E-state index in [1.54, 1.807) is 17.1 Å². The number of halogens is 2. The highest BCUT2D eigenvalue weighted by Crippen LogP contribution is 2.38. The zero-order valence-electron chi connectivity index (χ0n) is 31.5. The molecule has 4 atom stereocenters. The van der Waals surface area contributed by atoms with Crippen molar-refractivity contribution in [2.45, 2.75) is 83.2 Å². The van der Waals surface area contributed by atoms with Gasteiger partial charge in [-0.1, -0.05) is 75.8 Å². The van der Waals surface area contributed by atoms with Gasteiger partial charge in [0.2, 0.25) is 5.91 Å². The minimum absolute atomic E-state index is 0.105. The molecule has 0 saturated heterocycles. The molecule has 0 aliphatic heterocycles. The van der Waals surface area contributed by atoms with Crippen LogP contribution in [0.15, 0.2) is 72.3 Å². The largest absolute Gasteiger partial charge is 0.479 e. The number of amides is 2. The summed E-state index contributed by atoms with van der Waals surface area (Å²) >= 11 is 0. The molecule has 0 fully saturated rings. The highest BCUT2D eigenvalue weighted by molar-refractivity contribution is 6.00. The quantitative estimate of drug-likeness (QED) is 0.144. The van der Waals surface area contributed by atoms with Crippen LogP contribution in [0.1, 0.15) is 64.0 Å². The van der Waals surface area contributed by atoms with Gasteiger partial charge in [0.05, 0.1) is 5.41 Å². The molecule has 0 spiro atoms. The van der Waals surface area contributed by atoms with Gasteiger partial charge in [-0.3, -0.25) is 14.5 Å². The molecule has 2 amide bonds. The molecule has 52 heavy (non-hydrogen) atoms. The Bertz CT molecular complexity index is 1490. The third kappa shape index (κ3) is 12.0. The number of nitrogens with one attached hydrogen (secondary N) is 2.